The van der Waals surface area contributed by atoms with Crippen molar-refractivity contribution in [1.29, 1.82) is 0 Å². The maximum Gasteiger partial charge on any atom is 0.249 e. The number of nitrogens with zero attached hydrogens (tertiary/aromatic N) is 2. The minimum Gasteiger partial charge on any atom is -0.366 e. The Morgan fingerprint density at radius 2 is 1.83 bits per heavy atom. The van der Waals surface area contributed by atoms with Gasteiger partial charge in [0.2, 0.25) is 17.7 Å². The Morgan fingerprint density at radius 3 is 2.47 bits per heavy atom. The first-order valence-corrected chi connectivity index (χ1v) is 9.19. The van der Waals surface area contributed by atoms with E-state index in [-0.39, 0.29) is 18.1 Å². The van der Waals surface area contributed by atoms with E-state index in [9.17, 15) is 18.8 Å². The number of aromatic nitrogens is 2. The number of amides is 3. The highest BCUT2D eigenvalue weighted by Gasteiger charge is 2.34. The quantitative estimate of drug-likeness (QED) is 0.616. The average Bonchev–Trinajstić information content (AvgIpc) is 3.05. The molecular weight excluding hydrogens is 389 g/mol. The molecule has 1 atom stereocenters. The first-order chi connectivity index (χ1) is 14.3. The van der Waals surface area contributed by atoms with Gasteiger partial charge in [-0.3, -0.25) is 14.4 Å². The highest BCUT2D eigenvalue weighted by molar-refractivity contribution is 6.02. The van der Waals surface area contributed by atoms with Gasteiger partial charge >= 0.3 is 0 Å². The number of nitrogens with one attached hydrogen (secondary N) is 2. The molecule has 3 amide bonds. The van der Waals surface area contributed by atoms with E-state index in [4.69, 9.17) is 5.73 Å². The molecule has 2 heterocycles. The van der Waals surface area contributed by atoms with E-state index in [1.807, 2.05) is 0 Å². The summed E-state index contributed by atoms with van der Waals surface area (Å²) in [5, 5.41) is 10.0. The molecule has 9 heteroatoms. The molecule has 3 aromatic rings. The number of primary amides is 1. The summed E-state index contributed by atoms with van der Waals surface area (Å²) in [5.74, 6) is -1.24. The van der Waals surface area contributed by atoms with Crippen LogP contribution in [0.1, 0.15) is 28.4 Å². The fraction of sp³-hybridized carbons (Fsp3) is 0.143. The van der Waals surface area contributed by atoms with Gasteiger partial charge in [0, 0.05) is 22.4 Å². The summed E-state index contributed by atoms with van der Waals surface area (Å²) < 4.78 is 14.7. The topological polar surface area (TPSA) is 119 Å². The van der Waals surface area contributed by atoms with Crippen molar-refractivity contribution in [1.82, 2.24) is 9.78 Å². The van der Waals surface area contributed by atoms with Crippen molar-refractivity contribution in [3.05, 3.63) is 65.5 Å². The zero-order valence-corrected chi connectivity index (χ0v) is 16.0. The van der Waals surface area contributed by atoms with E-state index in [1.165, 1.54) is 28.9 Å². The maximum absolute atomic E-state index is 13.3. The van der Waals surface area contributed by atoms with E-state index < -0.39 is 17.9 Å². The van der Waals surface area contributed by atoms with Crippen LogP contribution in [0.3, 0.4) is 0 Å². The number of hydrogen-bond acceptors (Lipinski definition) is 4. The first kappa shape index (κ1) is 19.3. The molecule has 0 radical (unpaired) electrons. The lowest BCUT2D eigenvalue weighted by atomic mass is 10.1. The predicted octanol–water partition coefficient (Wildman–Crippen LogP) is 2.62. The van der Waals surface area contributed by atoms with Crippen LogP contribution >= 0.6 is 0 Å². The lowest BCUT2D eigenvalue weighted by Crippen LogP contribution is -2.35. The van der Waals surface area contributed by atoms with E-state index in [2.05, 4.69) is 15.7 Å². The van der Waals surface area contributed by atoms with Gasteiger partial charge < -0.3 is 16.4 Å². The summed E-state index contributed by atoms with van der Waals surface area (Å²) >= 11 is 0. The van der Waals surface area contributed by atoms with Crippen LogP contribution in [0.25, 0.3) is 11.3 Å². The third-order valence-corrected chi connectivity index (χ3v) is 4.94. The molecule has 2 aromatic carbocycles. The molecule has 1 aromatic heterocycles. The largest absolute Gasteiger partial charge is 0.366 e. The molecule has 1 aliphatic rings. The zero-order valence-electron chi connectivity index (χ0n) is 16.0. The van der Waals surface area contributed by atoms with Crippen LogP contribution in [0.4, 0.5) is 15.9 Å². The van der Waals surface area contributed by atoms with E-state index in [0.29, 0.717) is 33.9 Å². The van der Waals surface area contributed by atoms with E-state index in [1.54, 1.807) is 31.2 Å². The monoisotopic (exact) mass is 407 g/mol. The molecule has 0 saturated carbocycles. The number of halogens is 1. The highest BCUT2D eigenvalue weighted by atomic mass is 19.1. The van der Waals surface area contributed by atoms with Crippen LogP contribution in [-0.2, 0) is 9.59 Å². The minimum absolute atomic E-state index is 0.0812. The number of anilines is 2. The van der Waals surface area contributed by atoms with Gasteiger partial charge in [-0.15, -0.1) is 0 Å². The maximum atomic E-state index is 13.3. The zero-order chi connectivity index (χ0) is 21.4. The Labute approximate surface area is 170 Å². The number of benzene rings is 2. The van der Waals surface area contributed by atoms with Crippen LogP contribution in [0.2, 0.25) is 0 Å². The van der Waals surface area contributed by atoms with E-state index in [0.717, 1.165) is 0 Å². The Balaban J connectivity index is 1.65. The van der Waals surface area contributed by atoms with Crippen molar-refractivity contribution in [2.75, 3.05) is 10.6 Å². The molecule has 0 spiro atoms. The molecular formula is C21H18FN5O3. The second-order valence-corrected chi connectivity index (χ2v) is 6.97. The van der Waals surface area contributed by atoms with Gasteiger partial charge in [-0.05, 0) is 55.5 Å². The summed E-state index contributed by atoms with van der Waals surface area (Å²) in [6.45, 7) is 1.78. The van der Waals surface area contributed by atoms with Gasteiger partial charge in [-0.2, -0.15) is 5.10 Å². The van der Waals surface area contributed by atoms with Crippen molar-refractivity contribution in [3.63, 3.8) is 0 Å². The van der Waals surface area contributed by atoms with Crippen LogP contribution in [0, 0.1) is 12.7 Å². The molecule has 0 bridgehead atoms. The molecule has 152 valence electrons. The number of hydrogen-bond donors (Lipinski definition) is 3. The Bertz CT molecular complexity index is 1150. The van der Waals surface area contributed by atoms with Crippen molar-refractivity contribution in [3.8, 4) is 11.3 Å². The van der Waals surface area contributed by atoms with Crippen molar-refractivity contribution in [2.45, 2.75) is 19.4 Å². The summed E-state index contributed by atoms with van der Waals surface area (Å²) in [6, 6.07) is 11.1. The normalized spacial score (nSPS) is 15.3. The van der Waals surface area contributed by atoms with Gasteiger partial charge in [-0.25, -0.2) is 9.07 Å². The summed E-state index contributed by atoms with van der Waals surface area (Å²) in [6.07, 6.45) is -0.0812. The lowest BCUT2D eigenvalue weighted by Gasteiger charge is -2.24. The predicted molar refractivity (Wildman–Crippen MR) is 108 cm³/mol. The number of carbonyl (C=O) groups is 3. The Kier molecular flexibility index (Phi) is 4.78. The summed E-state index contributed by atoms with van der Waals surface area (Å²) in [5.41, 5.74) is 7.90. The number of carbonyl (C=O) groups excluding carboxylic acids is 3. The number of rotatable bonds is 4. The van der Waals surface area contributed by atoms with Crippen molar-refractivity contribution >= 4 is 29.2 Å². The van der Waals surface area contributed by atoms with Gasteiger partial charge in [0.1, 0.15) is 17.7 Å². The molecule has 8 nitrogen and oxygen atoms in total. The molecule has 4 rings (SSSR count). The third kappa shape index (κ3) is 3.52. The molecule has 0 fully saturated rings. The van der Waals surface area contributed by atoms with Crippen LogP contribution in [0.15, 0.2) is 48.5 Å². The van der Waals surface area contributed by atoms with Crippen molar-refractivity contribution < 1.29 is 18.8 Å². The van der Waals surface area contributed by atoms with Gasteiger partial charge in [-0.1, -0.05) is 0 Å². The Morgan fingerprint density at radius 1 is 1.17 bits per heavy atom. The second kappa shape index (κ2) is 7.43. The fourth-order valence-electron chi connectivity index (χ4n) is 3.37. The molecule has 0 aliphatic carbocycles. The number of fused-ring (bicyclic) bond motifs is 1. The van der Waals surface area contributed by atoms with Gasteiger partial charge in [0.25, 0.3) is 0 Å². The van der Waals surface area contributed by atoms with Gasteiger partial charge in [0.05, 0.1) is 12.1 Å². The molecule has 30 heavy (non-hydrogen) atoms. The smallest absolute Gasteiger partial charge is 0.249 e. The SMILES string of the molecule is Cc1c(-c2ccc(F)cc2)nn2c1NC(=O)C[C@@H]2C(=O)Nc1ccc(C(N)=O)cc1. The fourth-order valence-corrected chi connectivity index (χ4v) is 3.37. The van der Waals surface area contributed by atoms with Gasteiger partial charge in [0.15, 0.2) is 0 Å². The molecule has 1 aliphatic heterocycles. The first-order valence-electron chi connectivity index (χ1n) is 9.19. The molecule has 0 unspecified atom stereocenters. The minimum atomic E-state index is -0.863. The lowest BCUT2D eigenvalue weighted by molar-refractivity contribution is -0.125. The molecule has 0 saturated heterocycles. The third-order valence-electron chi connectivity index (χ3n) is 4.94. The molecule has 4 N–H and O–H groups in total. The van der Waals surface area contributed by atoms with Crippen LogP contribution < -0.4 is 16.4 Å². The summed E-state index contributed by atoms with van der Waals surface area (Å²) in [4.78, 5) is 36.3. The van der Waals surface area contributed by atoms with Crippen LogP contribution in [-0.4, -0.2) is 27.5 Å². The second-order valence-electron chi connectivity index (χ2n) is 6.97. The Hall–Kier alpha value is -4.01. The van der Waals surface area contributed by atoms with Crippen LogP contribution in [0.5, 0.6) is 0 Å². The van der Waals surface area contributed by atoms with E-state index >= 15 is 0 Å². The van der Waals surface area contributed by atoms with Crippen molar-refractivity contribution in [2.24, 2.45) is 5.73 Å². The number of nitrogens with two attached hydrogens (primary N) is 1. The summed E-state index contributed by atoms with van der Waals surface area (Å²) in [7, 11) is 0. The average molecular weight is 407 g/mol. The highest BCUT2D eigenvalue weighted by Crippen LogP contribution is 2.34. The standard InChI is InChI=1S/C21H18FN5O3/c1-11-18(12-2-6-14(22)7-3-12)26-27-16(10-17(28)25-20(11)27)21(30)24-15-8-4-13(5-9-15)19(23)29/h2-9,16H,10H2,1H3,(H2,23,29)(H,24,30)(H,25,28)/t16-/m1/s1.